The van der Waals surface area contributed by atoms with Gasteiger partial charge in [0.15, 0.2) is 0 Å². The number of halogens is 2. The second kappa shape index (κ2) is 7.88. The second-order valence-corrected chi connectivity index (χ2v) is 8.89. The second-order valence-electron chi connectivity index (χ2n) is 7.09. The van der Waals surface area contributed by atoms with Crippen molar-refractivity contribution >= 4 is 40.0 Å². The van der Waals surface area contributed by atoms with Crippen molar-refractivity contribution < 1.29 is 18.3 Å². The minimum absolute atomic E-state index is 0.115. The summed E-state index contributed by atoms with van der Waals surface area (Å²) < 4.78 is 34.8. The predicted molar refractivity (Wildman–Crippen MR) is 112 cm³/mol. The van der Waals surface area contributed by atoms with Crippen LogP contribution >= 0.6 is 24.0 Å². The van der Waals surface area contributed by atoms with E-state index in [0.717, 1.165) is 9.58 Å². The molecule has 0 bridgehead atoms. The molecule has 1 aromatic heterocycles. The van der Waals surface area contributed by atoms with Crippen molar-refractivity contribution in [1.29, 1.82) is 0 Å². The zero-order chi connectivity index (χ0) is 20.6. The molecular weight excluding hydrogens is 404 g/mol. The quantitative estimate of drug-likeness (QED) is 0.640. The standard InChI is InChI=1S/C19H23F2N3O2S2/c1-10(22)14(27)8-26-12-4-5-15-13(6-12)17(11(2)28-15)18(25)23-16-7-24(3)9-19(16,20)21/h4-6,16,27H,7-9,22H2,1-3H3,(H,23,25)/b14-10-. The number of ether oxygens (including phenoxy) is 1. The van der Waals surface area contributed by atoms with Crippen LogP contribution in [-0.2, 0) is 0 Å². The Labute approximate surface area is 171 Å². The number of hydrogen-bond acceptors (Lipinski definition) is 6. The highest BCUT2D eigenvalue weighted by atomic mass is 32.1. The van der Waals surface area contributed by atoms with E-state index in [-0.39, 0.29) is 19.7 Å². The van der Waals surface area contributed by atoms with Crippen LogP contribution in [0.1, 0.15) is 22.2 Å². The first-order valence-corrected chi connectivity index (χ1v) is 10.0. The van der Waals surface area contributed by atoms with Gasteiger partial charge in [0.2, 0.25) is 0 Å². The van der Waals surface area contributed by atoms with Crippen molar-refractivity contribution in [3.8, 4) is 5.75 Å². The molecule has 1 aliphatic heterocycles. The number of carbonyl (C=O) groups is 1. The monoisotopic (exact) mass is 427 g/mol. The van der Waals surface area contributed by atoms with Crippen molar-refractivity contribution in [3.05, 3.63) is 39.2 Å². The van der Waals surface area contributed by atoms with Gasteiger partial charge in [-0.3, -0.25) is 9.69 Å². The number of carbonyl (C=O) groups excluding carboxylic acids is 1. The third-order valence-electron chi connectivity index (χ3n) is 4.68. The summed E-state index contributed by atoms with van der Waals surface area (Å²) in [5.41, 5.74) is 6.65. The van der Waals surface area contributed by atoms with Gasteiger partial charge in [0.05, 0.1) is 12.1 Å². The van der Waals surface area contributed by atoms with E-state index in [1.807, 2.05) is 13.0 Å². The van der Waals surface area contributed by atoms with Crippen LogP contribution in [0.25, 0.3) is 10.1 Å². The number of thiol groups is 1. The van der Waals surface area contributed by atoms with Gasteiger partial charge in [0.25, 0.3) is 11.8 Å². The Morgan fingerprint density at radius 1 is 1.50 bits per heavy atom. The predicted octanol–water partition coefficient (Wildman–Crippen LogP) is 3.39. The molecule has 28 heavy (non-hydrogen) atoms. The van der Waals surface area contributed by atoms with E-state index in [2.05, 4.69) is 17.9 Å². The summed E-state index contributed by atoms with van der Waals surface area (Å²) in [6, 6.07) is 4.20. The lowest BCUT2D eigenvalue weighted by Gasteiger charge is -2.19. The van der Waals surface area contributed by atoms with E-state index >= 15 is 0 Å². The van der Waals surface area contributed by atoms with Crippen LogP contribution in [0.2, 0.25) is 0 Å². The minimum Gasteiger partial charge on any atom is -0.488 e. The van der Waals surface area contributed by atoms with Crippen molar-refractivity contribution in [3.63, 3.8) is 0 Å². The number of nitrogens with zero attached hydrogens (tertiary/aromatic N) is 1. The lowest BCUT2D eigenvalue weighted by Crippen LogP contribution is -2.46. The maximum absolute atomic E-state index is 14.1. The number of aryl methyl sites for hydroxylation is 1. The fourth-order valence-electron chi connectivity index (χ4n) is 3.20. The molecule has 1 fully saturated rings. The molecule has 0 saturated carbocycles. The first-order valence-electron chi connectivity index (χ1n) is 8.76. The molecule has 9 heteroatoms. The van der Waals surface area contributed by atoms with Crippen LogP contribution in [0.3, 0.4) is 0 Å². The molecule has 1 aliphatic rings. The number of likely N-dealkylation sites (N-methyl/N-ethyl adjacent to an activating group) is 1. The van der Waals surface area contributed by atoms with E-state index < -0.39 is 17.9 Å². The average Bonchev–Trinajstić information content (AvgIpc) is 3.05. The van der Waals surface area contributed by atoms with Crippen LogP contribution in [-0.4, -0.2) is 49.5 Å². The average molecular weight is 428 g/mol. The fraction of sp³-hybridized carbons (Fsp3) is 0.421. The molecule has 1 saturated heterocycles. The van der Waals surface area contributed by atoms with E-state index in [1.54, 1.807) is 26.1 Å². The van der Waals surface area contributed by atoms with Crippen molar-refractivity contribution in [1.82, 2.24) is 10.2 Å². The molecule has 1 unspecified atom stereocenters. The largest absolute Gasteiger partial charge is 0.488 e. The number of likely N-dealkylation sites (tertiary alicyclic amines) is 1. The molecule has 3 N–H and O–H groups in total. The van der Waals surface area contributed by atoms with Crippen LogP contribution in [0.15, 0.2) is 28.8 Å². The van der Waals surface area contributed by atoms with Gasteiger partial charge in [-0.05, 0) is 39.1 Å². The summed E-state index contributed by atoms with van der Waals surface area (Å²) in [4.78, 5) is 15.7. The Bertz CT molecular complexity index is 939. The lowest BCUT2D eigenvalue weighted by atomic mass is 10.1. The number of rotatable bonds is 5. The molecule has 5 nitrogen and oxygen atoms in total. The van der Waals surface area contributed by atoms with E-state index in [0.29, 0.717) is 27.3 Å². The summed E-state index contributed by atoms with van der Waals surface area (Å²) >= 11 is 5.71. The normalized spacial score (nSPS) is 20.3. The third kappa shape index (κ3) is 4.26. The maximum atomic E-state index is 14.1. The van der Waals surface area contributed by atoms with Crippen molar-refractivity contribution in [2.24, 2.45) is 5.73 Å². The third-order valence-corrected chi connectivity index (χ3v) is 6.25. The topological polar surface area (TPSA) is 67.6 Å². The molecule has 2 aromatic rings. The van der Waals surface area contributed by atoms with Gasteiger partial charge in [-0.15, -0.1) is 24.0 Å². The van der Waals surface area contributed by atoms with Gasteiger partial charge >= 0.3 is 0 Å². The Hall–Kier alpha value is -1.84. The molecule has 2 heterocycles. The number of allylic oxidation sites excluding steroid dienone is 1. The molecule has 0 aliphatic carbocycles. The van der Waals surface area contributed by atoms with Gasteiger partial charge < -0.3 is 15.8 Å². The molecule has 0 spiro atoms. The number of fused-ring (bicyclic) bond motifs is 1. The molecule has 3 rings (SSSR count). The van der Waals surface area contributed by atoms with Crippen LogP contribution in [0.5, 0.6) is 5.75 Å². The highest BCUT2D eigenvalue weighted by molar-refractivity contribution is 7.84. The number of nitrogens with one attached hydrogen (secondary N) is 1. The highest BCUT2D eigenvalue weighted by Crippen LogP contribution is 2.34. The zero-order valence-electron chi connectivity index (χ0n) is 15.9. The minimum atomic E-state index is -2.95. The Kier molecular flexibility index (Phi) is 5.88. The summed E-state index contributed by atoms with van der Waals surface area (Å²) in [6.07, 6.45) is 0. The summed E-state index contributed by atoms with van der Waals surface area (Å²) in [5.74, 6) is -2.89. The van der Waals surface area contributed by atoms with Crippen molar-refractivity contribution in [2.45, 2.75) is 25.8 Å². The van der Waals surface area contributed by atoms with Gasteiger partial charge in [-0.2, -0.15) is 0 Å². The molecule has 1 aromatic carbocycles. The van der Waals surface area contributed by atoms with Gasteiger partial charge in [-0.25, -0.2) is 8.78 Å². The van der Waals surface area contributed by atoms with Crippen LogP contribution in [0, 0.1) is 6.92 Å². The first kappa shape index (κ1) is 20.9. The Morgan fingerprint density at radius 3 is 2.82 bits per heavy atom. The maximum Gasteiger partial charge on any atom is 0.281 e. The zero-order valence-corrected chi connectivity index (χ0v) is 17.6. The summed E-state index contributed by atoms with van der Waals surface area (Å²) in [5, 5.41) is 3.20. The number of alkyl halides is 2. The number of amides is 1. The van der Waals surface area contributed by atoms with Crippen molar-refractivity contribution in [2.75, 3.05) is 26.7 Å². The summed E-state index contributed by atoms with van der Waals surface area (Å²) in [7, 11) is 1.61. The summed E-state index contributed by atoms with van der Waals surface area (Å²) in [6.45, 7) is 3.51. The fourth-order valence-corrected chi connectivity index (χ4v) is 4.30. The molecule has 0 radical (unpaired) electrons. The SMILES string of the molecule is C/C(N)=C(/S)COc1ccc2sc(C)c(C(=O)NC3CN(C)CC3(F)F)c2c1. The molecule has 1 atom stereocenters. The number of thiophene rings is 1. The molecule has 1 amide bonds. The first-order chi connectivity index (χ1) is 13.1. The number of hydrogen-bond donors (Lipinski definition) is 3. The Morgan fingerprint density at radius 2 is 2.21 bits per heavy atom. The van der Waals surface area contributed by atoms with E-state index in [4.69, 9.17) is 10.5 Å². The molecular formula is C19H23F2N3O2S2. The number of benzene rings is 1. The number of nitrogens with two attached hydrogens (primary N) is 1. The van der Waals surface area contributed by atoms with Crippen LogP contribution in [0.4, 0.5) is 8.78 Å². The van der Waals surface area contributed by atoms with Crippen LogP contribution < -0.4 is 15.8 Å². The van der Waals surface area contributed by atoms with Gasteiger partial charge in [0, 0.05) is 32.1 Å². The van der Waals surface area contributed by atoms with E-state index in [9.17, 15) is 13.6 Å². The lowest BCUT2D eigenvalue weighted by molar-refractivity contribution is -0.00819. The highest BCUT2D eigenvalue weighted by Gasteiger charge is 2.47. The Balaban J connectivity index is 1.86. The smallest absolute Gasteiger partial charge is 0.281 e. The van der Waals surface area contributed by atoms with Gasteiger partial charge in [-0.1, -0.05) is 0 Å². The van der Waals surface area contributed by atoms with Gasteiger partial charge in [0.1, 0.15) is 18.4 Å². The molecule has 152 valence electrons. The van der Waals surface area contributed by atoms with E-state index in [1.165, 1.54) is 16.2 Å².